The highest BCUT2D eigenvalue weighted by molar-refractivity contribution is 5.20. The molecule has 1 saturated carbocycles. The summed E-state index contributed by atoms with van der Waals surface area (Å²) in [6, 6.07) is 6.40. The molecule has 0 aromatic heterocycles. The molecule has 18 heavy (non-hydrogen) atoms. The van der Waals surface area contributed by atoms with Crippen molar-refractivity contribution in [3.63, 3.8) is 0 Å². The molecule has 2 rings (SSSR count). The summed E-state index contributed by atoms with van der Waals surface area (Å²) in [5.41, 5.74) is 6.77. The van der Waals surface area contributed by atoms with Crippen LogP contribution in [0.15, 0.2) is 24.3 Å². The Morgan fingerprint density at radius 2 is 2.22 bits per heavy atom. The molecule has 0 spiro atoms. The van der Waals surface area contributed by atoms with Crippen LogP contribution < -0.4 is 5.73 Å². The van der Waals surface area contributed by atoms with Gasteiger partial charge in [-0.25, -0.2) is 4.39 Å². The lowest BCUT2D eigenvalue weighted by Crippen LogP contribution is -2.28. The number of halogens is 1. The van der Waals surface area contributed by atoms with E-state index in [2.05, 4.69) is 0 Å². The van der Waals surface area contributed by atoms with Crippen molar-refractivity contribution < 1.29 is 9.13 Å². The average Bonchev–Trinajstić information content (AvgIpc) is 2.26. The molecule has 3 heteroatoms. The lowest BCUT2D eigenvalue weighted by Gasteiger charge is -2.27. The Bertz CT molecular complexity index is 377. The Morgan fingerprint density at radius 3 is 2.78 bits per heavy atom. The molecular formula is C15H22FNO. The van der Waals surface area contributed by atoms with E-state index in [4.69, 9.17) is 10.5 Å². The van der Waals surface area contributed by atoms with Crippen LogP contribution >= 0.6 is 0 Å². The van der Waals surface area contributed by atoms with Gasteiger partial charge in [-0.1, -0.05) is 31.4 Å². The second-order valence-corrected chi connectivity index (χ2v) is 5.29. The lowest BCUT2D eigenvalue weighted by atomic mass is 9.83. The summed E-state index contributed by atoms with van der Waals surface area (Å²) in [5.74, 6) is 0.590. The van der Waals surface area contributed by atoms with Gasteiger partial charge in [0, 0.05) is 12.6 Å². The molecule has 0 heterocycles. The summed E-state index contributed by atoms with van der Waals surface area (Å²) in [5, 5.41) is 0. The zero-order valence-corrected chi connectivity index (χ0v) is 10.9. The van der Waals surface area contributed by atoms with Crippen molar-refractivity contribution in [1.29, 1.82) is 0 Å². The van der Waals surface area contributed by atoms with Gasteiger partial charge in [0.1, 0.15) is 5.82 Å². The Labute approximate surface area is 108 Å². The second kappa shape index (κ2) is 6.30. The van der Waals surface area contributed by atoms with Gasteiger partial charge in [0.2, 0.25) is 0 Å². The van der Waals surface area contributed by atoms with Crippen LogP contribution in [0.25, 0.3) is 0 Å². The highest BCUT2D eigenvalue weighted by Gasteiger charge is 2.20. The van der Waals surface area contributed by atoms with Gasteiger partial charge < -0.3 is 10.5 Å². The minimum Gasteiger partial charge on any atom is -0.372 e. The molecular weight excluding hydrogens is 229 g/mol. The zero-order chi connectivity index (χ0) is 13.0. The summed E-state index contributed by atoms with van der Waals surface area (Å²) >= 11 is 0. The predicted octanol–water partition coefficient (Wildman–Crippen LogP) is 3.42. The van der Waals surface area contributed by atoms with Gasteiger partial charge >= 0.3 is 0 Å². The maximum Gasteiger partial charge on any atom is 0.123 e. The minimum absolute atomic E-state index is 0.131. The van der Waals surface area contributed by atoms with E-state index in [1.165, 1.54) is 31.4 Å². The van der Waals surface area contributed by atoms with Crippen LogP contribution in [0.4, 0.5) is 4.39 Å². The van der Waals surface area contributed by atoms with Crippen LogP contribution in [-0.4, -0.2) is 12.6 Å². The molecule has 100 valence electrons. The van der Waals surface area contributed by atoms with E-state index in [9.17, 15) is 4.39 Å². The van der Waals surface area contributed by atoms with Crippen LogP contribution in [0, 0.1) is 11.7 Å². The summed E-state index contributed by atoms with van der Waals surface area (Å²) in [4.78, 5) is 0. The van der Waals surface area contributed by atoms with Gasteiger partial charge in [0.15, 0.2) is 0 Å². The van der Waals surface area contributed by atoms with Gasteiger partial charge in [-0.15, -0.1) is 0 Å². The second-order valence-electron chi connectivity index (χ2n) is 5.29. The molecule has 2 atom stereocenters. The van der Waals surface area contributed by atoms with E-state index in [-0.39, 0.29) is 18.0 Å². The first-order valence-electron chi connectivity index (χ1n) is 6.79. The largest absolute Gasteiger partial charge is 0.372 e. The molecule has 1 aromatic carbocycles. The lowest BCUT2D eigenvalue weighted by molar-refractivity contribution is 0.0244. The molecule has 1 aliphatic carbocycles. The molecule has 0 bridgehead atoms. The van der Waals surface area contributed by atoms with Crippen LogP contribution in [0.1, 0.15) is 44.3 Å². The van der Waals surface area contributed by atoms with Crippen LogP contribution in [0.3, 0.4) is 0 Å². The molecule has 0 amide bonds. The minimum atomic E-state index is -0.235. The van der Waals surface area contributed by atoms with Gasteiger partial charge in [0.25, 0.3) is 0 Å². The summed E-state index contributed by atoms with van der Waals surface area (Å²) in [6.45, 7) is 2.62. The molecule has 0 aliphatic heterocycles. The van der Waals surface area contributed by atoms with E-state index in [0.29, 0.717) is 6.61 Å². The van der Waals surface area contributed by atoms with Gasteiger partial charge in [0.05, 0.1) is 6.10 Å². The number of hydrogen-bond donors (Lipinski definition) is 1. The SMILES string of the molecule is CC(N)C(OCCC1CCC1)c1cccc(F)c1. The number of nitrogens with two attached hydrogens (primary N) is 1. The maximum absolute atomic E-state index is 13.2. The molecule has 2 nitrogen and oxygen atoms in total. The fourth-order valence-corrected chi connectivity index (χ4v) is 2.38. The van der Waals surface area contributed by atoms with E-state index < -0.39 is 0 Å². The van der Waals surface area contributed by atoms with Gasteiger partial charge in [-0.05, 0) is 37.0 Å². The Balaban J connectivity index is 1.90. The molecule has 1 fully saturated rings. The first-order valence-corrected chi connectivity index (χ1v) is 6.79. The molecule has 0 saturated heterocycles. The predicted molar refractivity (Wildman–Crippen MR) is 70.7 cm³/mol. The molecule has 2 unspecified atom stereocenters. The van der Waals surface area contributed by atoms with Crippen LogP contribution in [0.5, 0.6) is 0 Å². The van der Waals surface area contributed by atoms with Crippen molar-refractivity contribution in [2.45, 2.75) is 44.8 Å². The summed E-state index contributed by atoms with van der Waals surface area (Å²) < 4.78 is 19.1. The molecule has 2 N–H and O–H groups in total. The number of ether oxygens (including phenoxy) is 1. The molecule has 1 aromatic rings. The first-order chi connectivity index (χ1) is 8.66. The fourth-order valence-electron chi connectivity index (χ4n) is 2.38. The van der Waals surface area contributed by atoms with Gasteiger partial charge in [-0.3, -0.25) is 0 Å². The van der Waals surface area contributed by atoms with Crippen molar-refractivity contribution in [1.82, 2.24) is 0 Å². The molecule has 0 radical (unpaired) electrons. The fraction of sp³-hybridized carbons (Fsp3) is 0.600. The van der Waals surface area contributed by atoms with E-state index in [1.807, 2.05) is 13.0 Å². The Morgan fingerprint density at radius 1 is 1.44 bits per heavy atom. The zero-order valence-electron chi connectivity index (χ0n) is 10.9. The quantitative estimate of drug-likeness (QED) is 0.840. The summed E-state index contributed by atoms with van der Waals surface area (Å²) in [7, 11) is 0. The number of benzene rings is 1. The van der Waals surface area contributed by atoms with Crippen molar-refractivity contribution in [2.75, 3.05) is 6.61 Å². The van der Waals surface area contributed by atoms with Crippen molar-refractivity contribution in [2.24, 2.45) is 11.7 Å². The number of hydrogen-bond acceptors (Lipinski definition) is 2. The Kier molecular flexibility index (Phi) is 4.72. The average molecular weight is 251 g/mol. The van der Waals surface area contributed by atoms with Gasteiger partial charge in [-0.2, -0.15) is 0 Å². The van der Waals surface area contributed by atoms with E-state index in [1.54, 1.807) is 6.07 Å². The monoisotopic (exact) mass is 251 g/mol. The smallest absolute Gasteiger partial charge is 0.123 e. The van der Waals surface area contributed by atoms with Crippen LogP contribution in [-0.2, 0) is 4.74 Å². The third-order valence-electron chi connectivity index (χ3n) is 3.70. The van der Waals surface area contributed by atoms with Crippen LogP contribution in [0.2, 0.25) is 0 Å². The van der Waals surface area contributed by atoms with Crippen molar-refractivity contribution >= 4 is 0 Å². The highest BCUT2D eigenvalue weighted by Crippen LogP contribution is 2.30. The third kappa shape index (κ3) is 3.53. The highest BCUT2D eigenvalue weighted by atomic mass is 19.1. The van der Waals surface area contributed by atoms with Crippen molar-refractivity contribution in [3.05, 3.63) is 35.6 Å². The number of rotatable bonds is 6. The first kappa shape index (κ1) is 13.5. The maximum atomic E-state index is 13.2. The third-order valence-corrected chi connectivity index (χ3v) is 3.70. The normalized spacial score (nSPS) is 19.3. The summed E-state index contributed by atoms with van der Waals surface area (Å²) in [6.07, 6.45) is 4.89. The molecule has 1 aliphatic rings. The van der Waals surface area contributed by atoms with E-state index >= 15 is 0 Å². The van der Waals surface area contributed by atoms with E-state index in [0.717, 1.165) is 17.9 Å². The van der Waals surface area contributed by atoms with Crippen molar-refractivity contribution in [3.8, 4) is 0 Å². The standard InChI is InChI=1S/C15H22FNO/c1-11(17)15(13-6-3-7-14(16)10-13)18-9-8-12-4-2-5-12/h3,6-7,10-12,15H,2,4-5,8-9,17H2,1H3. The topological polar surface area (TPSA) is 35.2 Å². The Hall–Kier alpha value is -0.930.